The quantitative estimate of drug-likeness (QED) is 0.645. The van der Waals surface area contributed by atoms with E-state index < -0.39 is 0 Å². The smallest absolute Gasteiger partial charge is 0.320 e. The van der Waals surface area contributed by atoms with Crippen LogP contribution in [0.5, 0.6) is 0 Å². The Balaban J connectivity index is 2.47. The van der Waals surface area contributed by atoms with Gasteiger partial charge >= 0.3 is 6.03 Å². The zero-order valence-corrected chi connectivity index (χ0v) is 7.96. The fourth-order valence-electron chi connectivity index (χ4n) is 1.07. The summed E-state index contributed by atoms with van der Waals surface area (Å²) in [6.07, 6.45) is 2.37. The van der Waals surface area contributed by atoms with Gasteiger partial charge in [-0.25, -0.2) is 4.79 Å². The molecule has 3 amide bonds. The Morgan fingerprint density at radius 2 is 2.23 bits per heavy atom. The van der Waals surface area contributed by atoms with Crippen LogP contribution in [0.3, 0.4) is 0 Å². The highest BCUT2D eigenvalue weighted by Gasteiger charge is 2.21. The topological polar surface area (TPSA) is 49.4 Å². The Labute approximate surface area is 77.6 Å². The molecule has 0 saturated carbocycles. The van der Waals surface area contributed by atoms with Crippen molar-refractivity contribution in [2.24, 2.45) is 0 Å². The fourth-order valence-corrected chi connectivity index (χ4v) is 1.07. The van der Waals surface area contributed by atoms with Crippen molar-refractivity contribution in [1.82, 2.24) is 10.2 Å². The molecule has 0 atom stereocenters. The van der Waals surface area contributed by atoms with Gasteiger partial charge in [-0.05, 0) is 13.8 Å². The average Bonchev–Trinajstić information content (AvgIpc) is 2.02. The molecule has 1 N–H and O–H groups in total. The van der Waals surface area contributed by atoms with Crippen LogP contribution in [0.2, 0.25) is 0 Å². The molecular weight excluding hydrogens is 168 g/mol. The number of hydrogen-bond acceptors (Lipinski definition) is 2. The minimum Gasteiger partial charge on any atom is -0.320 e. The molecule has 1 fully saturated rings. The van der Waals surface area contributed by atoms with Gasteiger partial charge in [0.1, 0.15) is 0 Å². The molecule has 0 spiro atoms. The van der Waals surface area contributed by atoms with Crippen molar-refractivity contribution in [2.45, 2.75) is 20.3 Å². The van der Waals surface area contributed by atoms with Crippen molar-refractivity contribution in [1.29, 1.82) is 0 Å². The molecule has 4 heteroatoms. The van der Waals surface area contributed by atoms with Gasteiger partial charge < -0.3 is 4.90 Å². The molecule has 1 rings (SSSR count). The minimum absolute atomic E-state index is 0.182. The van der Waals surface area contributed by atoms with E-state index >= 15 is 0 Å². The normalized spacial score (nSPS) is 16.9. The minimum atomic E-state index is -0.284. The van der Waals surface area contributed by atoms with Crippen molar-refractivity contribution in [2.75, 3.05) is 13.1 Å². The maximum atomic E-state index is 11.2. The number of hydrogen-bond donors (Lipinski definition) is 1. The van der Waals surface area contributed by atoms with Crippen LogP contribution < -0.4 is 5.32 Å². The summed E-state index contributed by atoms with van der Waals surface area (Å²) in [7, 11) is 0. The summed E-state index contributed by atoms with van der Waals surface area (Å²) in [6, 6.07) is -0.284. The molecule has 0 aromatic carbocycles. The Morgan fingerprint density at radius 3 is 2.77 bits per heavy atom. The van der Waals surface area contributed by atoms with Gasteiger partial charge in [0.2, 0.25) is 5.91 Å². The van der Waals surface area contributed by atoms with Crippen molar-refractivity contribution in [3.05, 3.63) is 11.6 Å². The van der Waals surface area contributed by atoms with E-state index in [1.165, 1.54) is 5.57 Å². The number of imide groups is 1. The molecule has 1 aliphatic heterocycles. The number of amides is 3. The molecule has 0 aromatic rings. The lowest BCUT2D eigenvalue weighted by Crippen LogP contribution is -2.49. The van der Waals surface area contributed by atoms with E-state index in [9.17, 15) is 9.59 Å². The van der Waals surface area contributed by atoms with Crippen LogP contribution in [-0.4, -0.2) is 29.9 Å². The Hall–Kier alpha value is -1.32. The van der Waals surface area contributed by atoms with Gasteiger partial charge in [-0.15, -0.1) is 0 Å². The number of allylic oxidation sites excluding steroid dienone is 1. The van der Waals surface area contributed by atoms with E-state index in [1.54, 1.807) is 4.90 Å². The molecule has 13 heavy (non-hydrogen) atoms. The number of nitrogens with one attached hydrogen (secondary N) is 1. The van der Waals surface area contributed by atoms with Crippen LogP contribution in [0.25, 0.3) is 0 Å². The summed E-state index contributed by atoms with van der Waals surface area (Å²) in [5.74, 6) is -0.182. The summed E-state index contributed by atoms with van der Waals surface area (Å²) < 4.78 is 0. The Kier molecular flexibility index (Phi) is 3.06. The number of urea groups is 1. The van der Waals surface area contributed by atoms with Crippen molar-refractivity contribution in [3.8, 4) is 0 Å². The molecule has 0 bridgehead atoms. The third kappa shape index (κ3) is 2.89. The largest absolute Gasteiger partial charge is 0.324 e. The van der Waals surface area contributed by atoms with Gasteiger partial charge in [-0.3, -0.25) is 10.1 Å². The zero-order valence-electron chi connectivity index (χ0n) is 7.96. The van der Waals surface area contributed by atoms with Crippen LogP contribution in [0, 0.1) is 0 Å². The number of nitrogens with zero attached hydrogens (tertiary/aromatic N) is 1. The van der Waals surface area contributed by atoms with Crippen LogP contribution in [0.1, 0.15) is 20.3 Å². The van der Waals surface area contributed by atoms with Gasteiger partial charge in [0.25, 0.3) is 0 Å². The van der Waals surface area contributed by atoms with Gasteiger partial charge in [0, 0.05) is 19.5 Å². The van der Waals surface area contributed by atoms with E-state index in [2.05, 4.69) is 5.32 Å². The first-order chi connectivity index (χ1) is 6.09. The second-order valence-electron chi connectivity index (χ2n) is 3.33. The van der Waals surface area contributed by atoms with Crippen LogP contribution >= 0.6 is 0 Å². The highest BCUT2D eigenvalue weighted by molar-refractivity contribution is 5.96. The molecule has 72 valence electrons. The lowest BCUT2D eigenvalue weighted by molar-refractivity contribution is -0.121. The molecule has 1 saturated heterocycles. The standard InChI is InChI=1S/C9H14N2O2/c1-7(2)3-5-11-6-4-8(12)10-9(11)13/h3H,4-6H2,1-2H3,(H,10,12,13). The van der Waals surface area contributed by atoms with Crippen molar-refractivity contribution in [3.63, 3.8) is 0 Å². The number of carbonyl (C=O) groups is 2. The molecule has 0 radical (unpaired) electrons. The molecule has 0 aliphatic carbocycles. The third-order valence-electron chi connectivity index (χ3n) is 1.86. The first-order valence-electron chi connectivity index (χ1n) is 4.31. The SMILES string of the molecule is CC(C)=CCN1CCC(=O)NC1=O. The lowest BCUT2D eigenvalue weighted by Gasteiger charge is -2.25. The lowest BCUT2D eigenvalue weighted by atomic mass is 10.2. The second-order valence-corrected chi connectivity index (χ2v) is 3.33. The molecule has 4 nitrogen and oxygen atoms in total. The maximum Gasteiger partial charge on any atom is 0.324 e. The van der Waals surface area contributed by atoms with Crippen LogP contribution in [0.4, 0.5) is 4.79 Å². The van der Waals surface area contributed by atoms with Crippen LogP contribution in [-0.2, 0) is 4.79 Å². The summed E-state index contributed by atoms with van der Waals surface area (Å²) in [4.78, 5) is 23.6. The van der Waals surface area contributed by atoms with E-state index in [4.69, 9.17) is 0 Å². The molecule has 0 unspecified atom stereocenters. The number of carbonyl (C=O) groups excluding carboxylic acids is 2. The fraction of sp³-hybridized carbons (Fsp3) is 0.556. The monoisotopic (exact) mass is 182 g/mol. The Morgan fingerprint density at radius 1 is 1.54 bits per heavy atom. The molecule has 0 aromatic heterocycles. The average molecular weight is 182 g/mol. The van der Waals surface area contributed by atoms with Gasteiger partial charge in [0.05, 0.1) is 0 Å². The highest BCUT2D eigenvalue weighted by atomic mass is 16.2. The molecule has 1 heterocycles. The van der Waals surface area contributed by atoms with E-state index in [-0.39, 0.29) is 11.9 Å². The van der Waals surface area contributed by atoms with Gasteiger partial charge in [-0.1, -0.05) is 11.6 Å². The summed E-state index contributed by atoms with van der Waals surface area (Å²) in [5.41, 5.74) is 1.17. The maximum absolute atomic E-state index is 11.2. The second kappa shape index (κ2) is 4.07. The Bertz CT molecular complexity index is 254. The zero-order chi connectivity index (χ0) is 9.84. The predicted molar refractivity (Wildman–Crippen MR) is 49.2 cm³/mol. The summed E-state index contributed by atoms with van der Waals surface area (Å²) in [5, 5.41) is 2.27. The molecule has 1 aliphatic rings. The predicted octanol–water partition coefficient (Wildman–Crippen LogP) is 0.895. The van der Waals surface area contributed by atoms with Crippen LogP contribution in [0.15, 0.2) is 11.6 Å². The van der Waals surface area contributed by atoms with E-state index in [0.29, 0.717) is 19.5 Å². The van der Waals surface area contributed by atoms with E-state index in [1.807, 2.05) is 19.9 Å². The first-order valence-corrected chi connectivity index (χ1v) is 4.31. The first kappa shape index (κ1) is 9.77. The van der Waals surface area contributed by atoms with Crippen molar-refractivity contribution >= 4 is 11.9 Å². The summed E-state index contributed by atoms with van der Waals surface area (Å²) in [6.45, 7) is 5.07. The third-order valence-corrected chi connectivity index (χ3v) is 1.86. The van der Waals surface area contributed by atoms with Gasteiger partial charge in [0.15, 0.2) is 0 Å². The van der Waals surface area contributed by atoms with Gasteiger partial charge in [-0.2, -0.15) is 0 Å². The van der Waals surface area contributed by atoms with Crippen molar-refractivity contribution < 1.29 is 9.59 Å². The summed E-state index contributed by atoms with van der Waals surface area (Å²) >= 11 is 0. The van der Waals surface area contributed by atoms with E-state index in [0.717, 1.165) is 0 Å². The molecular formula is C9H14N2O2. The highest BCUT2D eigenvalue weighted by Crippen LogP contribution is 2.01. The number of rotatable bonds is 2.